The second kappa shape index (κ2) is 8.96. The molecule has 0 aliphatic carbocycles. The van der Waals surface area contributed by atoms with Crippen LogP contribution in [-0.2, 0) is 14.3 Å². The van der Waals surface area contributed by atoms with E-state index in [1.165, 1.54) is 6.92 Å². The first kappa shape index (κ1) is 15.8. The van der Waals surface area contributed by atoms with Crippen molar-refractivity contribution in [3.63, 3.8) is 0 Å². The molecular formula is C10H17NO4. The van der Waals surface area contributed by atoms with Crippen LogP contribution < -0.4 is 5.73 Å². The Balaban J connectivity index is 0. The number of carboxylic acid groups (broad SMARTS) is 1. The van der Waals surface area contributed by atoms with Gasteiger partial charge in [-0.15, -0.1) is 0 Å². The van der Waals surface area contributed by atoms with E-state index in [0.29, 0.717) is 0 Å². The number of esters is 1. The molecule has 0 rings (SSSR count). The molecule has 3 N–H and O–H groups in total. The van der Waals surface area contributed by atoms with Gasteiger partial charge < -0.3 is 15.6 Å². The molecule has 0 aromatic rings. The number of carboxylic acids is 1. The zero-order valence-electron chi connectivity index (χ0n) is 9.03. The number of aliphatic carboxylic acids is 1. The van der Waals surface area contributed by atoms with Crippen LogP contribution in [0.25, 0.3) is 0 Å². The van der Waals surface area contributed by atoms with Crippen molar-refractivity contribution in [1.82, 2.24) is 0 Å². The molecule has 0 aromatic carbocycles. The number of carbonyl (C=O) groups is 2. The summed E-state index contributed by atoms with van der Waals surface area (Å²) in [6.07, 6.45) is 1.11. The van der Waals surface area contributed by atoms with E-state index < -0.39 is 11.9 Å². The molecule has 0 amide bonds. The molecule has 0 bridgehead atoms. The van der Waals surface area contributed by atoms with Gasteiger partial charge in [0.05, 0.1) is 0 Å². The molecule has 15 heavy (non-hydrogen) atoms. The summed E-state index contributed by atoms with van der Waals surface area (Å²) in [5.74, 6) is -1.36. The van der Waals surface area contributed by atoms with Gasteiger partial charge >= 0.3 is 11.9 Å². The Morgan fingerprint density at radius 3 is 2.20 bits per heavy atom. The number of hydrogen-bond donors (Lipinski definition) is 2. The lowest BCUT2D eigenvalue weighted by Gasteiger charge is -2.03. The van der Waals surface area contributed by atoms with Crippen molar-refractivity contribution in [3.8, 4) is 0 Å². The first-order valence-electron chi connectivity index (χ1n) is 4.24. The first-order chi connectivity index (χ1) is 6.81. The molecule has 0 radical (unpaired) electrons. The fourth-order valence-corrected chi connectivity index (χ4v) is 0.273. The Labute approximate surface area is 89.2 Å². The molecule has 0 spiro atoms. The van der Waals surface area contributed by atoms with E-state index in [2.05, 4.69) is 17.9 Å². The summed E-state index contributed by atoms with van der Waals surface area (Å²) in [5, 5.41) is 7.89. The van der Waals surface area contributed by atoms with E-state index in [4.69, 9.17) is 10.8 Å². The van der Waals surface area contributed by atoms with Crippen LogP contribution in [0.5, 0.6) is 0 Å². The Kier molecular flexibility index (Phi) is 9.45. The van der Waals surface area contributed by atoms with Crippen molar-refractivity contribution in [3.05, 3.63) is 24.8 Å². The third kappa shape index (κ3) is 15.2. The second-order valence-corrected chi connectivity index (χ2v) is 2.90. The van der Waals surface area contributed by atoms with E-state index in [9.17, 15) is 9.59 Å². The molecule has 0 aliphatic heterocycles. The molecule has 86 valence electrons. The van der Waals surface area contributed by atoms with Crippen LogP contribution >= 0.6 is 0 Å². The highest BCUT2D eigenvalue weighted by Crippen LogP contribution is 1.81. The second-order valence-electron chi connectivity index (χ2n) is 2.90. The van der Waals surface area contributed by atoms with Crippen molar-refractivity contribution >= 4 is 11.9 Å². The van der Waals surface area contributed by atoms with Gasteiger partial charge in [0.15, 0.2) is 0 Å². The van der Waals surface area contributed by atoms with Crippen LogP contribution in [0.2, 0.25) is 0 Å². The molecule has 1 atom stereocenters. The number of carbonyl (C=O) groups excluding carboxylic acids is 1. The molecule has 1 unspecified atom stereocenters. The Morgan fingerprint density at radius 2 is 2.00 bits per heavy atom. The highest BCUT2D eigenvalue weighted by atomic mass is 16.5. The van der Waals surface area contributed by atoms with E-state index in [1.54, 1.807) is 6.92 Å². The number of ether oxygens (including phenoxy) is 1. The number of rotatable bonds is 4. The lowest BCUT2D eigenvalue weighted by molar-refractivity contribution is -0.138. The van der Waals surface area contributed by atoms with Crippen LogP contribution in [-0.4, -0.2) is 29.7 Å². The monoisotopic (exact) mass is 215 g/mol. The minimum absolute atomic E-state index is 0.103. The molecule has 0 saturated heterocycles. The molecule has 0 aromatic heterocycles. The molecule has 0 fully saturated rings. The molecule has 0 aliphatic rings. The zero-order valence-corrected chi connectivity index (χ0v) is 9.03. The van der Waals surface area contributed by atoms with Crippen molar-refractivity contribution in [2.75, 3.05) is 6.61 Å². The van der Waals surface area contributed by atoms with Crippen LogP contribution in [0.3, 0.4) is 0 Å². The lowest BCUT2D eigenvalue weighted by Crippen LogP contribution is -2.23. The summed E-state index contributed by atoms with van der Waals surface area (Å²) in [5.41, 5.74) is 5.46. The van der Waals surface area contributed by atoms with Crippen LogP contribution in [0.15, 0.2) is 24.8 Å². The topological polar surface area (TPSA) is 89.6 Å². The van der Waals surface area contributed by atoms with Crippen molar-refractivity contribution < 1.29 is 19.4 Å². The zero-order chi connectivity index (χ0) is 12.4. The number of hydrogen-bond acceptors (Lipinski definition) is 4. The van der Waals surface area contributed by atoms with Crippen LogP contribution in [0.4, 0.5) is 0 Å². The SMILES string of the molecule is C=C(C)C(=O)O.C=CC(=O)OCC(C)N. The lowest BCUT2D eigenvalue weighted by atomic mass is 10.4. The molecule has 5 heteroatoms. The van der Waals surface area contributed by atoms with Gasteiger partial charge in [0.2, 0.25) is 0 Å². The van der Waals surface area contributed by atoms with Gasteiger partial charge in [0, 0.05) is 17.7 Å². The smallest absolute Gasteiger partial charge is 0.330 e. The van der Waals surface area contributed by atoms with Crippen LogP contribution in [0.1, 0.15) is 13.8 Å². The third-order valence-electron chi connectivity index (χ3n) is 1.02. The standard InChI is InChI=1S/C6H11NO2.C4H6O2/c1-3-6(8)9-4-5(2)7;1-3(2)4(5)6/h3,5H,1,4,7H2,2H3;1H2,2H3,(H,5,6). The summed E-state index contributed by atoms with van der Waals surface area (Å²) >= 11 is 0. The maximum absolute atomic E-state index is 10.3. The van der Waals surface area contributed by atoms with Gasteiger partial charge in [0.25, 0.3) is 0 Å². The Bertz CT molecular complexity index is 234. The largest absolute Gasteiger partial charge is 0.478 e. The minimum Gasteiger partial charge on any atom is -0.478 e. The van der Waals surface area contributed by atoms with E-state index in [-0.39, 0.29) is 18.2 Å². The molecular weight excluding hydrogens is 198 g/mol. The third-order valence-corrected chi connectivity index (χ3v) is 1.02. The molecule has 5 nitrogen and oxygen atoms in total. The van der Waals surface area contributed by atoms with Gasteiger partial charge in [-0.1, -0.05) is 13.2 Å². The summed E-state index contributed by atoms with van der Waals surface area (Å²) in [6, 6.07) is -0.103. The average molecular weight is 215 g/mol. The molecule has 0 saturated carbocycles. The van der Waals surface area contributed by atoms with E-state index in [0.717, 1.165) is 6.08 Å². The summed E-state index contributed by atoms with van der Waals surface area (Å²) in [4.78, 5) is 19.9. The predicted molar refractivity (Wildman–Crippen MR) is 57.3 cm³/mol. The summed E-state index contributed by atoms with van der Waals surface area (Å²) in [7, 11) is 0. The predicted octanol–water partition coefficient (Wildman–Crippen LogP) is 0.710. The van der Waals surface area contributed by atoms with Gasteiger partial charge in [0.1, 0.15) is 6.61 Å². The van der Waals surface area contributed by atoms with Crippen molar-refractivity contribution in [2.45, 2.75) is 19.9 Å². The summed E-state index contributed by atoms with van der Waals surface area (Å²) < 4.78 is 4.57. The Morgan fingerprint density at radius 1 is 1.60 bits per heavy atom. The van der Waals surface area contributed by atoms with Gasteiger partial charge in [-0.05, 0) is 13.8 Å². The summed E-state index contributed by atoms with van der Waals surface area (Å²) in [6.45, 7) is 9.84. The maximum Gasteiger partial charge on any atom is 0.330 e. The highest BCUT2D eigenvalue weighted by Gasteiger charge is 1.96. The van der Waals surface area contributed by atoms with Crippen molar-refractivity contribution in [2.24, 2.45) is 5.73 Å². The highest BCUT2D eigenvalue weighted by molar-refractivity contribution is 5.84. The quantitative estimate of drug-likeness (QED) is 0.532. The van der Waals surface area contributed by atoms with Gasteiger partial charge in [-0.3, -0.25) is 0 Å². The van der Waals surface area contributed by atoms with E-state index >= 15 is 0 Å². The normalized spacial score (nSPS) is 10.3. The fourth-order valence-electron chi connectivity index (χ4n) is 0.273. The van der Waals surface area contributed by atoms with Crippen LogP contribution in [0, 0.1) is 0 Å². The number of nitrogens with two attached hydrogens (primary N) is 1. The minimum atomic E-state index is -0.935. The first-order valence-corrected chi connectivity index (χ1v) is 4.24. The maximum atomic E-state index is 10.3. The van der Waals surface area contributed by atoms with E-state index in [1.807, 2.05) is 0 Å². The average Bonchev–Trinajstić information content (AvgIpc) is 2.14. The van der Waals surface area contributed by atoms with Gasteiger partial charge in [-0.25, -0.2) is 9.59 Å². The fraction of sp³-hybridized carbons (Fsp3) is 0.400. The van der Waals surface area contributed by atoms with Gasteiger partial charge in [-0.2, -0.15) is 0 Å². The Hall–Kier alpha value is -1.62. The van der Waals surface area contributed by atoms with Crippen molar-refractivity contribution in [1.29, 1.82) is 0 Å². The molecule has 0 heterocycles.